The molecule has 0 saturated carbocycles. The number of imidazole rings is 1. The molecule has 1 N–H and O–H groups in total. The van der Waals surface area contributed by atoms with Crippen LogP contribution >= 0.6 is 0 Å². The van der Waals surface area contributed by atoms with Crippen LogP contribution in [0.3, 0.4) is 0 Å². The van der Waals surface area contributed by atoms with Crippen LogP contribution in [-0.2, 0) is 11.3 Å². The van der Waals surface area contributed by atoms with Crippen LogP contribution in [0.25, 0.3) is 0 Å². The van der Waals surface area contributed by atoms with E-state index in [1.54, 1.807) is 7.11 Å². The van der Waals surface area contributed by atoms with Gasteiger partial charge < -0.3 is 19.5 Å². The van der Waals surface area contributed by atoms with Crippen LogP contribution in [-0.4, -0.2) is 54.3 Å². The Kier molecular flexibility index (Phi) is 6.65. The Morgan fingerprint density at radius 3 is 2.82 bits per heavy atom. The summed E-state index contributed by atoms with van der Waals surface area (Å²) in [7, 11) is 1.70. The maximum absolute atomic E-state index is 5.01. The third kappa shape index (κ3) is 4.75. The first-order chi connectivity index (χ1) is 8.31. The van der Waals surface area contributed by atoms with Crippen molar-refractivity contribution in [2.75, 3.05) is 45.2 Å². The lowest BCUT2D eigenvalue weighted by atomic mass is 10.4. The van der Waals surface area contributed by atoms with Gasteiger partial charge in [-0.05, 0) is 13.1 Å². The first-order valence-electron chi connectivity index (χ1n) is 6.28. The summed E-state index contributed by atoms with van der Waals surface area (Å²) in [4.78, 5) is 6.70. The molecule has 1 rings (SSSR count). The molecule has 0 atom stereocenters. The number of ether oxygens (including phenoxy) is 1. The Morgan fingerprint density at radius 2 is 2.18 bits per heavy atom. The quantitative estimate of drug-likeness (QED) is 0.660. The van der Waals surface area contributed by atoms with Gasteiger partial charge in [0.05, 0.1) is 6.61 Å². The van der Waals surface area contributed by atoms with Crippen LogP contribution in [0, 0.1) is 0 Å². The second-order valence-corrected chi connectivity index (χ2v) is 3.89. The molecule has 0 aromatic carbocycles. The number of nitrogens with zero attached hydrogens (tertiary/aromatic N) is 3. The lowest BCUT2D eigenvalue weighted by molar-refractivity contribution is 0.210. The van der Waals surface area contributed by atoms with Gasteiger partial charge in [0.1, 0.15) is 0 Å². The average Bonchev–Trinajstić information content (AvgIpc) is 2.79. The van der Waals surface area contributed by atoms with Gasteiger partial charge in [0.15, 0.2) is 0 Å². The fourth-order valence-electron chi connectivity index (χ4n) is 1.71. The molecule has 0 aliphatic carbocycles. The second-order valence-electron chi connectivity index (χ2n) is 3.89. The number of rotatable bonds is 9. The third-order valence-corrected chi connectivity index (χ3v) is 2.86. The zero-order valence-electron chi connectivity index (χ0n) is 11.1. The van der Waals surface area contributed by atoms with Crippen molar-refractivity contribution in [2.45, 2.75) is 20.4 Å². The summed E-state index contributed by atoms with van der Waals surface area (Å²) in [6.45, 7) is 10.1. The van der Waals surface area contributed by atoms with Gasteiger partial charge in [-0.2, -0.15) is 0 Å². The van der Waals surface area contributed by atoms with Crippen molar-refractivity contribution in [3.63, 3.8) is 0 Å². The van der Waals surface area contributed by atoms with Crippen LogP contribution in [0.4, 0.5) is 5.95 Å². The molecule has 98 valence electrons. The zero-order chi connectivity index (χ0) is 12.5. The molecular weight excluding hydrogens is 216 g/mol. The largest absolute Gasteiger partial charge is 0.383 e. The highest BCUT2D eigenvalue weighted by Crippen LogP contribution is 2.04. The standard InChI is InChI=1S/C12H24N4O/c1-4-15(5-2)9-10-16-8-6-13-12(16)14-7-11-17-3/h6,8H,4-5,7,9-11H2,1-3H3,(H,13,14). The normalized spacial score (nSPS) is 11.1. The average molecular weight is 240 g/mol. The van der Waals surface area contributed by atoms with Crippen LogP contribution < -0.4 is 5.32 Å². The minimum absolute atomic E-state index is 0.697. The highest BCUT2D eigenvalue weighted by molar-refractivity contribution is 5.25. The minimum atomic E-state index is 0.697. The van der Waals surface area contributed by atoms with E-state index in [0.717, 1.165) is 38.7 Å². The summed E-state index contributed by atoms with van der Waals surface area (Å²) in [6, 6.07) is 0. The third-order valence-electron chi connectivity index (χ3n) is 2.86. The van der Waals surface area contributed by atoms with Crippen molar-refractivity contribution in [3.05, 3.63) is 12.4 Å². The maximum Gasteiger partial charge on any atom is 0.202 e. The Bertz CT molecular complexity index is 296. The van der Waals surface area contributed by atoms with Crippen molar-refractivity contribution in [3.8, 4) is 0 Å². The number of hydrogen-bond donors (Lipinski definition) is 1. The van der Waals surface area contributed by atoms with E-state index in [9.17, 15) is 0 Å². The smallest absolute Gasteiger partial charge is 0.202 e. The Hall–Kier alpha value is -1.07. The van der Waals surface area contributed by atoms with E-state index in [-0.39, 0.29) is 0 Å². The summed E-state index contributed by atoms with van der Waals surface area (Å²) in [5, 5.41) is 3.26. The molecule has 0 unspecified atom stereocenters. The molecule has 1 aromatic heterocycles. The van der Waals surface area contributed by atoms with Gasteiger partial charge in [-0.1, -0.05) is 13.8 Å². The molecule has 0 bridgehead atoms. The number of aromatic nitrogens is 2. The predicted octanol–water partition coefficient (Wildman–Crippen LogP) is 1.28. The second kappa shape index (κ2) is 8.08. The molecule has 5 heteroatoms. The maximum atomic E-state index is 5.01. The molecule has 5 nitrogen and oxygen atoms in total. The van der Waals surface area contributed by atoms with Gasteiger partial charge in [-0.3, -0.25) is 0 Å². The monoisotopic (exact) mass is 240 g/mol. The fourth-order valence-corrected chi connectivity index (χ4v) is 1.71. The zero-order valence-corrected chi connectivity index (χ0v) is 11.1. The van der Waals surface area contributed by atoms with E-state index in [2.05, 4.69) is 33.6 Å². The summed E-state index contributed by atoms with van der Waals surface area (Å²) in [6.07, 6.45) is 3.84. The van der Waals surface area contributed by atoms with Crippen molar-refractivity contribution in [1.82, 2.24) is 14.5 Å². The van der Waals surface area contributed by atoms with Crippen LogP contribution in [0.1, 0.15) is 13.8 Å². The SMILES string of the molecule is CCN(CC)CCn1ccnc1NCCOC. The lowest BCUT2D eigenvalue weighted by Gasteiger charge is -2.19. The molecule has 1 aromatic rings. The first-order valence-corrected chi connectivity index (χ1v) is 6.28. The molecule has 0 aliphatic heterocycles. The fraction of sp³-hybridized carbons (Fsp3) is 0.750. The number of hydrogen-bond acceptors (Lipinski definition) is 4. The number of nitrogens with one attached hydrogen (secondary N) is 1. The van der Waals surface area contributed by atoms with Crippen molar-refractivity contribution in [2.24, 2.45) is 0 Å². The molecule has 1 heterocycles. The lowest BCUT2D eigenvalue weighted by Crippen LogP contribution is -2.27. The molecule has 0 saturated heterocycles. The Labute approximate surface area is 104 Å². The first kappa shape index (κ1) is 14.0. The molecule has 0 radical (unpaired) electrons. The van der Waals surface area contributed by atoms with Crippen LogP contribution in [0.15, 0.2) is 12.4 Å². The minimum Gasteiger partial charge on any atom is -0.383 e. The van der Waals surface area contributed by atoms with Gasteiger partial charge in [-0.15, -0.1) is 0 Å². The van der Waals surface area contributed by atoms with Gasteiger partial charge in [-0.25, -0.2) is 4.98 Å². The molecule has 0 fully saturated rings. The Morgan fingerprint density at radius 1 is 1.41 bits per heavy atom. The number of likely N-dealkylation sites (N-methyl/N-ethyl adjacent to an activating group) is 1. The van der Waals surface area contributed by atoms with Gasteiger partial charge in [0, 0.05) is 39.1 Å². The highest BCUT2D eigenvalue weighted by Gasteiger charge is 2.03. The van der Waals surface area contributed by atoms with E-state index in [1.165, 1.54) is 0 Å². The molecule has 0 spiro atoms. The molecule has 0 amide bonds. The Balaban J connectivity index is 2.39. The van der Waals surface area contributed by atoms with Gasteiger partial charge in [0.25, 0.3) is 0 Å². The van der Waals surface area contributed by atoms with Gasteiger partial charge in [0.2, 0.25) is 5.95 Å². The van der Waals surface area contributed by atoms with Crippen molar-refractivity contribution < 1.29 is 4.74 Å². The summed E-state index contributed by atoms with van der Waals surface area (Å²) >= 11 is 0. The number of methoxy groups -OCH3 is 1. The predicted molar refractivity (Wildman–Crippen MR) is 70.4 cm³/mol. The van der Waals surface area contributed by atoms with Gasteiger partial charge >= 0.3 is 0 Å². The summed E-state index contributed by atoms with van der Waals surface area (Å²) < 4.78 is 7.15. The highest BCUT2D eigenvalue weighted by atomic mass is 16.5. The van der Waals surface area contributed by atoms with Crippen molar-refractivity contribution in [1.29, 1.82) is 0 Å². The van der Waals surface area contributed by atoms with Crippen LogP contribution in [0.2, 0.25) is 0 Å². The van der Waals surface area contributed by atoms with E-state index >= 15 is 0 Å². The van der Waals surface area contributed by atoms with E-state index in [4.69, 9.17) is 4.74 Å². The van der Waals surface area contributed by atoms with Crippen molar-refractivity contribution >= 4 is 5.95 Å². The van der Waals surface area contributed by atoms with E-state index in [1.807, 2.05) is 12.4 Å². The molecule has 0 aliphatic rings. The topological polar surface area (TPSA) is 42.3 Å². The summed E-state index contributed by atoms with van der Waals surface area (Å²) in [5.74, 6) is 0.925. The van der Waals surface area contributed by atoms with E-state index < -0.39 is 0 Å². The number of anilines is 1. The summed E-state index contributed by atoms with van der Waals surface area (Å²) in [5.41, 5.74) is 0. The van der Waals surface area contributed by atoms with Crippen LogP contribution in [0.5, 0.6) is 0 Å². The van der Waals surface area contributed by atoms with E-state index in [0.29, 0.717) is 6.61 Å². The molecule has 17 heavy (non-hydrogen) atoms. The molecular formula is C12H24N4O.